The Morgan fingerprint density at radius 1 is 0.625 bits per heavy atom. The Hall–Kier alpha value is -2.72. The van der Waals surface area contributed by atoms with Crippen molar-refractivity contribution in [2.75, 3.05) is 36.0 Å². The summed E-state index contributed by atoms with van der Waals surface area (Å²) in [5.41, 5.74) is 3.51. The van der Waals surface area contributed by atoms with Crippen LogP contribution in [-0.4, -0.2) is 26.2 Å². The molecule has 0 aliphatic carbocycles. The van der Waals surface area contributed by atoms with Crippen molar-refractivity contribution in [1.82, 2.24) is 0 Å². The van der Waals surface area contributed by atoms with E-state index in [1.807, 2.05) is 12.1 Å². The Morgan fingerprint density at radius 3 is 1.33 bits per heavy atom. The van der Waals surface area contributed by atoms with E-state index in [1.54, 1.807) is 0 Å². The van der Waals surface area contributed by atoms with E-state index in [1.165, 1.54) is 37.1 Å². The van der Waals surface area contributed by atoms with Crippen LogP contribution in [0.2, 0.25) is 0 Å². The normalized spacial score (nSPS) is 17.2. The summed E-state index contributed by atoms with van der Waals surface area (Å²) >= 11 is 0. The van der Waals surface area contributed by atoms with Gasteiger partial charge in [0.05, 0.1) is 24.5 Å². The first-order valence-electron chi connectivity index (χ1n) is 8.67. The molecule has 2 aliphatic rings. The van der Waals surface area contributed by atoms with E-state index < -0.39 is 0 Å². The lowest BCUT2D eigenvalue weighted by Gasteiger charge is -2.28. The van der Waals surface area contributed by atoms with Crippen molar-refractivity contribution in [2.24, 2.45) is 0 Å². The second kappa shape index (κ2) is 6.06. The van der Waals surface area contributed by atoms with Gasteiger partial charge in [0.25, 0.3) is 0 Å². The molecule has 4 rings (SSSR count). The molecule has 2 aliphatic heterocycles. The van der Waals surface area contributed by atoms with Gasteiger partial charge in [-0.2, -0.15) is 0 Å². The summed E-state index contributed by atoms with van der Waals surface area (Å²) in [4.78, 5) is 12.0. The zero-order valence-corrected chi connectivity index (χ0v) is 13.8. The largest absolute Gasteiger partial charge is 0.370 e. The third kappa shape index (κ3) is 2.45. The van der Waals surface area contributed by atoms with Crippen LogP contribution in [0.15, 0.2) is 24.3 Å². The standard InChI is InChI=1S/C20H20N4/c1-21-17-11-15-13-19(23-7-3-4-8-23)20(24-9-5-6-10-24)14-16(15)12-18(17)22-2/h11-14H,3-10H2. The second-order valence-corrected chi connectivity index (χ2v) is 6.64. The van der Waals surface area contributed by atoms with E-state index in [9.17, 15) is 0 Å². The average molecular weight is 316 g/mol. The first kappa shape index (κ1) is 14.8. The molecule has 2 fully saturated rings. The van der Waals surface area contributed by atoms with Gasteiger partial charge in [0.2, 0.25) is 0 Å². The maximum absolute atomic E-state index is 7.32. The fourth-order valence-corrected chi connectivity index (χ4v) is 3.90. The first-order chi connectivity index (χ1) is 11.8. The maximum Gasteiger partial charge on any atom is 0.195 e. The number of benzene rings is 2. The molecule has 0 N–H and O–H groups in total. The minimum Gasteiger partial charge on any atom is -0.370 e. The Balaban J connectivity index is 1.91. The van der Waals surface area contributed by atoms with E-state index in [0.29, 0.717) is 11.4 Å². The summed E-state index contributed by atoms with van der Waals surface area (Å²) in [5, 5.41) is 2.14. The molecule has 4 heteroatoms. The van der Waals surface area contributed by atoms with Crippen molar-refractivity contribution in [3.8, 4) is 0 Å². The fourth-order valence-electron chi connectivity index (χ4n) is 3.90. The van der Waals surface area contributed by atoms with E-state index in [4.69, 9.17) is 13.1 Å². The highest BCUT2D eigenvalue weighted by atomic mass is 15.2. The van der Waals surface area contributed by atoms with E-state index >= 15 is 0 Å². The predicted octanol–water partition coefficient (Wildman–Crippen LogP) is 5.14. The minimum atomic E-state index is 0.457. The molecule has 0 atom stereocenters. The van der Waals surface area contributed by atoms with Crippen LogP contribution >= 0.6 is 0 Å². The SMILES string of the molecule is [C-]#[N+]c1cc2cc(N3CCCC3)c(N3CCCC3)cc2cc1[N+]#[C-]. The van der Waals surface area contributed by atoms with Crippen LogP contribution in [-0.2, 0) is 0 Å². The van der Waals surface area contributed by atoms with Crippen molar-refractivity contribution < 1.29 is 0 Å². The number of nitrogens with zero attached hydrogens (tertiary/aromatic N) is 4. The van der Waals surface area contributed by atoms with Gasteiger partial charge in [-0.05, 0) is 48.6 Å². The quantitative estimate of drug-likeness (QED) is 0.713. The first-order valence-corrected chi connectivity index (χ1v) is 8.67. The summed E-state index contributed by atoms with van der Waals surface area (Å²) in [7, 11) is 0. The van der Waals surface area contributed by atoms with Crippen molar-refractivity contribution in [1.29, 1.82) is 0 Å². The molecule has 0 unspecified atom stereocenters. The average Bonchev–Trinajstić information content (AvgIpc) is 3.32. The Labute approximate surface area is 142 Å². The molecule has 0 bridgehead atoms. The number of hydrogen-bond donors (Lipinski definition) is 0. The van der Waals surface area contributed by atoms with E-state index in [0.717, 1.165) is 37.0 Å². The predicted molar refractivity (Wildman–Crippen MR) is 99.4 cm³/mol. The molecule has 0 radical (unpaired) electrons. The third-order valence-corrected chi connectivity index (χ3v) is 5.16. The molecule has 2 saturated heterocycles. The second-order valence-electron chi connectivity index (χ2n) is 6.64. The zero-order valence-electron chi connectivity index (χ0n) is 13.8. The Kier molecular flexibility index (Phi) is 3.75. The minimum absolute atomic E-state index is 0.457. The molecule has 120 valence electrons. The van der Waals surface area contributed by atoms with Gasteiger partial charge in [-0.3, -0.25) is 9.69 Å². The Morgan fingerprint density at radius 2 is 1.00 bits per heavy atom. The molecule has 0 aromatic heterocycles. The summed E-state index contributed by atoms with van der Waals surface area (Å²) in [6.45, 7) is 19.1. The third-order valence-electron chi connectivity index (χ3n) is 5.16. The lowest BCUT2D eigenvalue weighted by molar-refractivity contribution is 0.930. The Bertz CT molecular complexity index is 787. The molecular formula is C20H20N4. The van der Waals surface area contributed by atoms with Gasteiger partial charge in [0, 0.05) is 26.2 Å². The highest BCUT2D eigenvalue weighted by Gasteiger charge is 2.22. The highest BCUT2D eigenvalue weighted by Crippen LogP contribution is 2.41. The summed E-state index contributed by atoms with van der Waals surface area (Å²) in [6.07, 6.45) is 5.01. The molecule has 2 aromatic carbocycles. The van der Waals surface area contributed by atoms with Crippen LogP contribution in [0, 0.1) is 13.1 Å². The molecule has 2 aromatic rings. The number of rotatable bonds is 2. The van der Waals surface area contributed by atoms with E-state index in [-0.39, 0.29) is 0 Å². The molecule has 0 saturated carbocycles. The summed E-state index contributed by atoms with van der Waals surface area (Å²) in [6, 6.07) is 8.22. The van der Waals surface area contributed by atoms with Crippen molar-refractivity contribution in [3.05, 3.63) is 47.1 Å². The molecule has 24 heavy (non-hydrogen) atoms. The molecular weight excluding hydrogens is 296 g/mol. The molecule has 2 heterocycles. The fraction of sp³-hybridized carbons (Fsp3) is 0.400. The molecule has 0 amide bonds. The van der Waals surface area contributed by atoms with Gasteiger partial charge in [0.15, 0.2) is 11.4 Å². The maximum atomic E-state index is 7.32. The molecule has 4 nitrogen and oxygen atoms in total. The summed E-state index contributed by atoms with van der Waals surface area (Å²) in [5.74, 6) is 0. The lowest BCUT2D eigenvalue weighted by atomic mass is 10.0. The van der Waals surface area contributed by atoms with Gasteiger partial charge in [-0.15, -0.1) is 0 Å². The lowest BCUT2D eigenvalue weighted by Crippen LogP contribution is -2.24. The van der Waals surface area contributed by atoms with Crippen LogP contribution in [0.4, 0.5) is 22.7 Å². The van der Waals surface area contributed by atoms with Gasteiger partial charge < -0.3 is 9.80 Å². The number of anilines is 2. The molecule has 0 spiro atoms. The van der Waals surface area contributed by atoms with Gasteiger partial charge in [0.1, 0.15) is 0 Å². The van der Waals surface area contributed by atoms with Gasteiger partial charge >= 0.3 is 0 Å². The van der Waals surface area contributed by atoms with Crippen molar-refractivity contribution in [2.45, 2.75) is 25.7 Å². The number of fused-ring (bicyclic) bond motifs is 1. The van der Waals surface area contributed by atoms with Crippen LogP contribution in [0.25, 0.3) is 20.5 Å². The zero-order chi connectivity index (χ0) is 16.5. The highest BCUT2D eigenvalue weighted by molar-refractivity contribution is 5.98. The van der Waals surface area contributed by atoms with Gasteiger partial charge in [-0.1, -0.05) is 12.1 Å². The van der Waals surface area contributed by atoms with Crippen LogP contribution in [0.5, 0.6) is 0 Å². The van der Waals surface area contributed by atoms with Crippen LogP contribution in [0.1, 0.15) is 25.7 Å². The van der Waals surface area contributed by atoms with Crippen LogP contribution in [0.3, 0.4) is 0 Å². The number of hydrogen-bond acceptors (Lipinski definition) is 2. The summed E-state index contributed by atoms with van der Waals surface area (Å²) < 4.78 is 0. The van der Waals surface area contributed by atoms with Crippen LogP contribution < -0.4 is 9.80 Å². The topological polar surface area (TPSA) is 15.2 Å². The van der Waals surface area contributed by atoms with E-state index in [2.05, 4.69) is 31.6 Å². The van der Waals surface area contributed by atoms with Crippen molar-refractivity contribution in [3.63, 3.8) is 0 Å². The van der Waals surface area contributed by atoms with Gasteiger partial charge in [-0.25, -0.2) is 0 Å². The monoisotopic (exact) mass is 316 g/mol. The van der Waals surface area contributed by atoms with Crippen molar-refractivity contribution >= 4 is 33.5 Å². The smallest absolute Gasteiger partial charge is 0.195 e.